The first-order chi connectivity index (χ1) is 8.70. The van der Waals surface area contributed by atoms with Gasteiger partial charge in [0.05, 0.1) is 7.11 Å². The summed E-state index contributed by atoms with van der Waals surface area (Å²) < 4.78 is 4.69. The molecule has 1 unspecified atom stereocenters. The first-order valence-electron chi connectivity index (χ1n) is 5.94. The fourth-order valence-electron chi connectivity index (χ4n) is 2.10. The highest BCUT2D eigenvalue weighted by atomic mass is 16.5. The summed E-state index contributed by atoms with van der Waals surface area (Å²) in [7, 11) is 1.34. The van der Waals surface area contributed by atoms with Crippen LogP contribution in [0.1, 0.15) is 5.56 Å². The van der Waals surface area contributed by atoms with Gasteiger partial charge in [-0.25, -0.2) is 0 Å². The Bertz CT molecular complexity index is 442. The molecule has 0 aliphatic carbocycles. The summed E-state index contributed by atoms with van der Waals surface area (Å²) in [6.07, 6.45) is 1.67. The molecule has 0 fully saturated rings. The van der Waals surface area contributed by atoms with Crippen LogP contribution in [-0.2, 0) is 16.1 Å². The molecule has 1 aromatic carbocycles. The lowest BCUT2D eigenvalue weighted by Crippen LogP contribution is -2.38. The van der Waals surface area contributed by atoms with Crippen molar-refractivity contribution in [3.05, 3.63) is 47.7 Å². The van der Waals surface area contributed by atoms with E-state index in [0.717, 1.165) is 6.54 Å². The van der Waals surface area contributed by atoms with Crippen molar-refractivity contribution >= 4 is 5.97 Å². The quantitative estimate of drug-likeness (QED) is 0.826. The van der Waals surface area contributed by atoms with Gasteiger partial charge in [-0.3, -0.25) is 9.69 Å². The first-order valence-corrected chi connectivity index (χ1v) is 5.94. The van der Waals surface area contributed by atoms with E-state index in [2.05, 4.69) is 4.90 Å². The van der Waals surface area contributed by atoms with Crippen LogP contribution in [0.3, 0.4) is 0 Å². The summed E-state index contributed by atoms with van der Waals surface area (Å²) in [5.74, 6) is -0.833. The number of carbonyl (C=O) groups is 1. The molecule has 18 heavy (non-hydrogen) atoms. The van der Waals surface area contributed by atoms with Crippen LogP contribution < -0.4 is 0 Å². The number of methoxy groups -OCH3 is 1. The van der Waals surface area contributed by atoms with Gasteiger partial charge < -0.3 is 9.84 Å². The fourth-order valence-corrected chi connectivity index (χ4v) is 2.10. The van der Waals surface area contributed by atoms with E-state index in [1.807, 2.05) is 30.3 Å². The fraction of sp³-hybridized carbons (Fsp3) is 0.357. The Balaban J connectivity index is 2.03. The van der Waals surface area contributed by atoms with E-state index in [1.165, 1.54) is 12.7 Å². The average molecular weight is 247 g/mol. The molecule has 1 N–H and O–H groups in total. The molecule has 4 nitrogen and oxygen atoms in total. The largest absolute Gasteiger partial charge is 0.512 e. The zero-order valence-corrected chi connectivity index (χ0v) is 10.4. The van der Waals surface area contributed by atoms with Gasteiger partial charge in [-0.15, -0.1) is 0 Å². The van der Waals surface area contributed by atoms with Crippen LogP contribution in [0.25, 0.3) is 0 Å². The summed E-state index contributed by atoms with van der Waals surface area (Å²) in [5.41, 5.74) is 1.19. The number of nitrogens with zero attached hydrogens (tertiary/aromatic N) is 1. The first kappa shape index (κ1) is 12.6. The third-order valence-electron chi connectivity index (χ3n) is 3.09. The smallest absolute Gasteiger partial charge is 0.317 e. The molecule has 0 amide bonds. The van der Waals surface area contributed by atoms with Gasteiger partial charge >= 0.3 is 5.97 Å². The molecule has 1 aliphatic rings. The molecule has 1 aromatic rings. The molecule has 0 spiro atoms. The van der Waals surface area contributed by atoms with Crippen molar-refractivity contribution in [2.45, 2.75) is 6.54 Å². The van der Waals surface area contributed by atoms with E-state index >= 15 is 0 Å². The molecular formula is C14H17NO3. The molecule has 0 radical (unpaired) electrons. The predicted octanol–water partition coefficient (Wildman–Crippen LogP) is 1.73. The number of hydrogen-bond acceptors (Lipinski definition) is 4. The maximum atomic E-state index is 11.5. The molecule has 1 heterocycles. The van der Waals surface area contributed by atoms with Gasteiger partial charge in [0.2, 0.25) is 0 Å². The Morgan fingerprint density at radius 3 is 2.83 bits per heavy atom. The van der Waals surface area contributed by atoms with Crippen LogP contribution in [-0.4, -0.2) is 36.2 Å². The van der Waals surface area contributed by atoms with Crippen LogP contribution in [0.4, 0.5) is 0 Å². The monoisotopic (exact) mass is 247 g/mol. The minimum absolute atomic E-state index is 0.117. The normalized spacial score (nSPS) is 20.3. The molecule has 0 saturated carbocycles. The van der Waals surface area contributed by atoms with Gasteiger partial charge in [-0.1, -0.05) is 30.3 Å². The third kappa shape index (κ3) is 2.90. The van der Waals surface area contributed by atoms with Gasteiger partial charge in [0.15, 0.2) is 0 Å². The zero-order valence-electron chi connectivity index (χ0n) is 10.4. The Hall–Kier alpha value is -1.81. The molecule has 0 saturated heterocycles. The maximum absolute atomic E-state index is 11.5. The zero-order chi connectivity index (χ0) is 13.0. The highest BCUT2D eigenvalue weighted by molar-refractivity contribution is 5.75. The minimum Gasteiger partial charge on any atom is -0.512 e. The lowest BCUT2D eigenvalue weighted by Gasteiger charge is -2.29. The van der Waals surface area contributed by atoms with Crippen LogP contribution in [0.5, 0.6) is 0 Å². The van der Waals surface area contributed by atoms with E-state index < -0.39 is 5.92 Å². The van der Waals surface area contributed by atoms with Gasteiger partial charge in [0.25, 0.3) is 0 Å². The number of ether oxygens (including phenoxy) is 1. The van der Waals surface area contributed by atoms with E-state index in [1.54, 1.807) is 6.08 Å². The minimum atomic E-state index is -0.563. The maximum Gasteiger partial charge on any atom is 0.317 e. The Labute approximate surface area is 106 Å². The number of hydrogen-bond donors (Lipinski definition) is 1. The topological polar surface area (TPSA) is 49.8 Å². The highest BCUT2D eigenvalue weighted by Gasteiger charge is 2.29. The number of aliphatic hydroxyl groups is 1. The second kappa shape index (κ2) is 5.69. The van der Waals surface area contributed by atoms with Crippen LogP contribution in [0.15, 0.2) is 42.2 Å². The van der Waals surface area contributed by atoms with Crippen molar-refractivity contribution in [2.75, 3.05) is 20.2 Å². The lowest BCUT2D eigenvalue weighted by molar-refractivity contribution is -0.146. The molecular weight excluding hydrogens is 230 g/mol. The second-order valence-electron chi connectivity index (χ2n) is 4.38. The number of benzene rings is 1. The van der Waals surface area contributed by atoms with Gasteiger partial charge in [-0.05, 0) is 11.6 Å². The summed E-state index contributed by atoms with van der Waals surface area (Å²) in [4.78, 5) is 13.6. The standard InChI is InChI=1S/C14H17NO3/c1-18-14(17)12-10-15(8-7-13(12)16)9-11-5-3-2-4-6-11/h2-7,12,16H,8-10H2,1H3. The Morgan fingerprint density at radius 2 is 2.17 bits per heavy atom. The Morgan fingerprint density at radius 1 is 1.44 bits per heavy atom. The summed E-state index contributed by atoms with van der Waals surface area (Å²) in [5, 5.41) is 9.69. The van der Waals surface area contributed by atoms with Crippen molar-refractivity contribution in [2.24, 2.45) is 5.92 Å². The van der Waals surface area contributed by atoms with E-state index in [-0.39, 0.29) is 11.7 Å². The Kier molecular flexibility index (Phi) is 3.99. The summed E-state index contributed by atoms with van der Waals surface area (Å²) >= 11 is 0. The number of carbonyl (C=O) groups excluding carboxylic acids is 1. The highest BCUT2D eigenvalue weighted by Crippen LogP contribution is 2.19. The van der Waals surface area contributed by atoms with E-state index in [4.69, 9.17) is 4.74 Å². The third-order valence-corrected chi connectivity index (χ3v) is 3.09. The number of rotatable bonds is 3. The van der Waals surface area contributed by atoms with Gasteiger partial charge in [0, 0.05) is 19.6 Å². The van der Waals surface area contributed by atoms with Crippen molar-refractivity contribution < 1.29 is 14.6 Å². The molecule has 0 aromatic heterocycles. The molecule has 0 bridgehead atoms. The molecule has 2 rings (SSSR count). The average Bonchev–Trinajstić information content (AvgIpc) is 2.41. The molecule has 1 aliphatic heterocycles. The van der Waals surface area contributed by atoms with Crippen LogP contribution >= 0.6 is 0 Å². The summed E-state index contributed by atoms with van der Waals surface area (Å²) in [6, 6.07) is 10.0. The number of esters is 1. The van der Waals surface area contributed by atoms with E-state index in [0.29, 0.717) is 13.1 Å². The van der Waals surface area contributed by atoms with Crippen molar-refractivity contribution in [3.8, 4) is 0 Å². The van der Waals surface area contributed by atoms with Crippen molar-refractivity contribution in [1.29, 1.82) is 0 Å². The lowest BCUT2D eigenvalue weighted by atomic mass is 10.0. The van der Waals surface area contributed by atoms with Crippen molar-refractivity contribution in [3.63, 3.8) is 0 Å². The van der Waals surface area contributed by atoms with Crippen LogP contribution in [0.2, 0.25) is 0 Å². The molecule has 4 heteroatoms. The molecule has 96 valence electrons. The van der Waals surface area contributed by atoms with Crippen LogP contribution in [0, 0.1) is 5.92 Å². The van der Waals surface area contributed by atoms with Crippen molar-refractivity contribution in [1.82, 2.24) is 4.90 Å². The van der Waals surface area contributed by atoms with Gasteiger partial charge in [0.1, 0.15) is 11.7 Å². The predicted molar refractivity (Wildman–Crippen MR) is 67.9 cm³/mol. The number of aliphatic hydroxyl groups excluding tert-OH is 1. The second-order valence-corrected chi connectivity index (χ2v) is 4.38. The van der Waals surface area contributed by atoms with E-state index in [9.17, 15) is 9.90 Å². The summed E-state index contributed by atoms with van der Waals surface area (Å²) in [6.45, 7) is 1.90. The molecule has 1 atom stereocenters. The van der Waals surface area contributed by atoms with Gasteiger partial charge in [-0.2, -0.15) is 0 Å². The SMILES string of the molecule is COC(=O)C1CN(Cc2ccccc2)CC=C1O.